The molecule has 1 heterocycles. The van der Waals surface area contributed by atoms with Gasteiger partial charge in [-0.3, -0.25) is 14.4 Å². The number of nitrogens with one attached hydrogen (secondary N) is 1. The molecule has 1 saturated heterocycles. The van der Waals surface area contributed by atoms with Crippen molar-refractivity contribution in [2.75, 3.05) is 11.4 Å². The molecule has 0 aliphatic carbocycles. The largest absolute Gasteiger partial charge is 0.481 e. The zero-order valence-electron chi connectivity index (χ0n) is 12.8. The lowest BCUT2D eigenvalue weighted by atomic mass is 10.1. The van der Waals surface area contributed by atoms with Gasteiger partial charge in [0.2, 0.25) is 11.8 Å². The molecule has 7 heteroatoms. The van der Waals surface area contributed by atoms with Gasteiger partial charge in [-0.05, 0) is 37.6 Å². The molecule has 2 N–H and O–H groups in total. The van der Waals surface area contributed by atoms with Gasteiger partial charge >= 0.3 is 5.97 Å². The fraction of sp³-hybridized carbons (Fsp3) is 0.438. The third-order valence-corrected chi connectivity index (χ3v) is 4.07. The molecule has 23 heavy (non-hydrogen) atoms. The molecule has 1 fully saturated rings. The molecule has 0 radical (unpaired) electrons. The summed E-state index contributed by atoms with van der Waals surface area (Å²) in [7, 11) is 0. The van der Waals surface area contributed by atoms with Gasteiger partial charge in [-0.2, -0.15) is 0 Å². The number of carboxylic acid groups (broad SMARTS) is 1. The number of hydrogen-bond donors (Lipinski definition) is 2. The molecule has 2 atom stereocenters. The van der Waals surface area contributed by atoms with Crippen LogP contribution in [0.3, 0.4) is 0 Å². The Bertz CT molecular complexity index is 603. The molecular formula is C16H19ClN2O4. The van der Waals surface area contributed by atoms with Crippen LogP contribution in [0.15, 0.2) is 24.3 Å². The number of halogens is 1. The van der Waals surface area contributed by atoms with Crippen LogP contribution in [-0.2, 0) is 14.4 Å². The van der Waals surface area contributed by atoms with E-state index in [9.17, 15) is 14.4 Å². The van der Waals surface area contributed by atoms with Gasteiger partial charge in [0.15, 0.2) is 0 Å². The van der Waals surface area contributed by atoms with Gasteiger partial charge in [-0.1, -0.05) is 11.6 Å². The van der Waals surface area contributed by atoms with E-state index in [0.717, 1.165) is 0 Å². The zero-order valence-corrected chi connectivity index (χ0v) is 13.5. The van der Waals surface area contributed by atoms with Crippen LogP contribution in [0.1, 0.15) is 26.2 Å². The minimum absolute atomic E-state index is 0.00193. The molecule has 1 aliphatic rings. The van der Waals surface area contributed by atoms with E-state index in [0.29, 0.717) is 23.7 Å². The van der Waals surface area contributed by atoms with Crippen molar-refractivity contribution in [3.8, 4) is 0 Å². The molecule has 2 amide bonds. The first-order valence-corrected chi connectivity index (χ1v) is 7.82. The van der Waals surface area contributed by atoms with E-state index in [4.69, 9.17) is 16.7 Å². The SMILES string of the molecule is CC(CCC(=O)O)NC(=O)C1CC(=O)N(c2ccc(Cl)cc2)C1. The highest BCUT2D eigenvalue weighted by Gasteiger charge is 2.35. The fourth-order valence-corrected chi connectivity index (χ4v) is 2.65. The number of nitrogens with zero attached hydrogens (tertiary/aromatic N) is 1. The molecular weight excluding hydrogens is 320 g/mol. The van der Waals surface area contributed by atoms with E-state index in [-0.39, 0.29) is 30.7 Å². The van der Waals surface area contributed by atoms with E-state index < -0.39 is 11.9 Å². The predicted octanol–water partition coefficient (Wildman–Crippen LogP) is 2.06. The van der Waals surface area contributed by atoms with Crippen molar-refractivity contribution in [3.63, 3.8) is 0 Å². The van der Waals surface area contributed by atoms with Crippen LogP contribution in [-0.4, -0.2) is 35.5 Å². The average Bonchev–Trinajstić information content (AvgIpc) is 2.88. The van der Waals surface area contributed by atoms with E-state index in [1.54, 1.807) is 36.1 Å². The highest BCUT2D eigenvalue weighted by Crippen LogP contribution is 2.26. The van der Waals surface area contributed by atoms with Crippen molar-refractivity contribution < 1.29 is 19.5 Å². The number of anilines is 1. The Balaban J connectivity index is 1.92. The van der Waals surface area contributed by atoms with Gasteiger partial charge in [-0.25, -0.2) is 0 Å². The Morgan fingerprint density at radius 3 is 2.65 bits per heavy atom. The second kappa shape index (κ2) is 7.46. The highest BCUT2D eigenvalue weighted by molar-refractivity contribution is 6.30. The summed E-state index contributed by atoms with van der Waals surface area (Å²) in [6, 6.07) is 6.65. The van der Waals surface area contributed by atoms with Crippen molar-refractivity contribution in [2.45, 2.75) is 32.2 Å². The van der Waals surface area contributed by atoms with Crippen LogP contribution < -0.4 is 10.2 Å². The first-order valence-electron chi connectivity index (χ1n) is 7.45. The molecule has 0 spiro atoms. The van der Waals surface area contributed by atoms with Crippen LogP contribution in [0.2, 0.25) is 5.02 Å². The van der Waals surface area contributed by atoms with Gasteiger partial charge in [0.25, 0.3) is 0 Å². The third-order valence-electron chi connectivity index (χ3n) is 3.81. The topological polar surface area (TPSA) is 86.7 Å². The Morgan fingerprint density at radius 1 is 1.39 bits per heavy atom. The first kappa shape index (κ1) is 17.3. The molecule has 0 saturated carbocycles. The Morgan fingerprint density at radius 2 is 2.04 bits per heavy atom. The van der Waals surface area contributed by atoms with Gasteiger partial charge in [0, 0.05) is 36.1 Å². The zero-order chi connectivity index (χ0) is 17.0. The van der Waals surface area contributed by atoms with Gasteiger partial charge in [0.1, 0.15) is 0 Å². The number of hydrogen-bond acceptors (Lipinski definition) is 3. The Hall–Kier alpha value is -2.08. The number of carbonyl (C=O) groups excluding carboxylic acids is 2. The maximum absolute atomic E-state index is 12.2. The normalized spacial score (nSPS) is 18.8. The fourth-order valence-electron chi connectivity index (χ4n) is 2.53. The lowest BCUT2D eigenvalue weighted by Crippen LogP contribution is -2.38. The molecule has 0 aromatic heterocycles. The summed E-state index contributed by atoms with van der Waals surface area (Å²) >= 11 is 5.83. The minimum Gasteiger partial charge on any atom is -0.481 e. The van der Waals surface area contributed by atoms with Crippen molar-refractivity contribution >= 4 is 35.1 Å². The van der Waals surface area contributed by atoms with E-state index >= 15 is 0 Å². The first-order chi connectivity index (χ1) is 10.9. The lowest BCUT2D eigenvalue weighted by molar-refractivity contribution is -0.137. The number of benzene rings is 1. The standard InChI is InChI=1S/C16H19ClN2O4/c1-10(2-7-15(21)22)18-16(23)11-8-14(20)19(9-11)13-5-3-12(17)4-6-13/h3-6,10-11H,2,7-9H2,1H3,(H,18,23)(H,21,22). The summed E-state index contributed by atoms with van der Waals surface area (Å²) in [5.74, 6) is -1.64. The molecule has 0 bridgehead atoms. The number of carboxylic acids is 1. The Kier molecular flexibility index (Phi) is 5.60. The quantitative estimate of drug-likeness (QED) is 0.831. The van der Waals surface area contributed by atoms with Crippen LogP contribution in [0.4, 0.5) is 5.69 Å². The van der Waals surface area contributed by atoms with Gasteiger partial charge in [-0.15, -0.1) is 0 Å². The number of aliphatic carboxylic acids is 1. The summed E-state index contributed by atoms with van der Waals surface area (Å²) in [5.41, 5.74) is 0.716. The van der Waals surface area contributed by atoms with E-state index in [1.165, 1.54) is 0 Å². The minimum atomic E-state index is -0.893. The smallest absolute Gasteiger partial charge is 0.303 e. The summed E-state index contributed by atoms with van der Waals surface area (Å²) in [6.07, 6.45) is 0.519. The van der Waals surface area contributed by atoms with Gasteiger partial charge in [0.05, 0.1) is 5.92 Å². The third kappa shape index (κ3) is 4.69. The van der Waals surface area contributed by atoms with E-state index in [2.05, 4.69) is 5.32 Å². The van der Waals surface area contributed by atoms with Crippen molar-refractivity contribution in [3.05, 3.63) is 29.3 Å². The van der Waals surface area contributed by atoms with Crippen LogP contribution in [0.25, 0.3) is 0 Å². The van der Waals surface area contributed by atoms with E-state index in [1.807, 2.05) is 0 Å². The monoisotopic (exact) mass is 338 g/mol. The lowest BCUT2D eigenvalue weighted by Gasteiger charge is -2.18. The molecule has 1 aliphatic heterocycles. The molecule has 2 rings (SSSR count). The highest BCUT2D eigenvalue weighted by atomic mass is 35.5. The summed E-state index contributed by atoms with van der Waals surface area (Å²) < 4.78 is 0. The maximum Gasteiger partial charge on any atom is 0.303 e. The second-order valence-electron chi connectivity index (χ2n) is 5.72. The predicted molar refractivity (Wildman–Crippen MR) is 86.4 cm³/mol. The molecule has 6 nitrogen and oxygen atoms in total. The summed E-state index contributed by atoms with van der Waals surface area (Å²) in [5, 5.41) is 12.0. The van der Waals surface area contributed by atoms with Crippen molar-refractivity contribution in [1.29, 1.82) is 0 Å². The van der Waals surface area contributed by atoms with Crippen LogP contribution >= 0.6 is 11.6 Å². The molecule has 1 aromatic rings. The Labute approximate surface area is 139 Å². The molecule has 124 valence electrons. The van der Waals surface area contributed by atoms with Crippen LogP contribution in [0.5, 0.6) is 0 Å². The molecule has 2 unspecified atom stereocenters. The molecule has 1 aromatic carbocycles. The maximum atomic E-state index is 12.2. The van der Waals surface area contributed by atoms with Crippen LogP contribution in [0, 0.1) is 5.92 Å². The summed E-state index contributed by atoms with van der Waals surface area (Å²) in [6.45, 7) is 2.08. The average molecular weight is 339 g/mol. The van der Waals surface area contributed by atoms with Gasteiger partial charge < -0.3 is 15.3 Å². The number of amides is 2. The van der Waals surface area contributed by atoms with Crippen molar-refractivity contribution in [1.82, 2.24) is 5.32 Å². The number of rotatable bonds is 6. The number of carbonyl (C=O) groups is 3. The summed E-state index contributed by atoms with van der Waals surface area (Å²) in [4.78, 5) is 36.4. The second-order valence-corrected chi connectivity index (χ2v) is 6.16. The van der Waals surface area contributed by atoms with Crippen molar-refractivity contribution in [2.24, 2.45) is 5.92 Å².